The fourth-order valence-corrected chi connectivity index (χ4v) is 2.60. The third-order valence-corrected chi connectivity index (χ3v) is 4.01. The Morgan fingerprint density at radius 3 is 2.19 bits per heavy atom. The van der Waals surface area contributed by atoms with Gasteiger partial charge in [-0.05, 0) is 24.6 Å². The van der Waals surface area contributed by atoms with Crippen LogP contribution in [0.3, 0.4) is 0 Å². The molecule has 0 saturated heterocycles. The van der Waals surface area contributed by atoms with E-state index in [9.17, 15) is 14.4 Å². The largest absolute Gasteiger partial charge is 0.468 e. The van der Waals surface area contributed by atoms with Crippen LogP contribution in [0.25, 0.3) is 0 Å². The van der Waals surface area contributed by atoms with Crippen molar-refractivity contribution in [2.24, 2.45) is 0 Å². The van der Waals surface area contributed by atoms with Gasteiger partial charge >= 0.3 is 5.97 Å². The highest BCUT2D eigenvalue weighted by Gasteiger charge is 2.21. The fourth-order valence-electron chi connectivity index (χ4n) is 2.60. The second-order valence-electron chi connectivity index (χ2n) is 6.26. The lowest BCUT2D eigenvalue weighted by molar-refractivity contribution is -0.147. The minimum Gasteiger partial charge on any atom is -0.468 e. The molecule has 27 heavy (non-hydrogen) atoms. The van der Waals surface area contributed by atoms with Gasteiger partial charge in [0.15, 0.2) is 0 Å². The van der Waals surface area contributed by atoms with Gasteiger partial charge in [-0.3, -0.25) is 14.4 Å². The highest BCUT2D eigenvalue weighted by atomic mass is 16.5. The molecule has 1 unspecified atom stereocenters. The first-order chi connectivity index (χ1) is 13.0. The number of rotatable bonds is 8. The summed E-state index contributed by atoms with van der Waals surface area (Å²) in [6, 6.07) is 17.8. The van der Waals surface area contributed by atoms with Gasteiger partial charge < -0.3 is 15.0 Å². The summed E-state index contributed by atoms with van der Waals surface area (Å²) in [6.45, 7) is 1.93. The van der Waals surface area contributed by atoms with E-state index in [-0.39, 0.29) is 30.8 Å². The molecule has 1 N–H and O–H groups in total. The van der Waals surface area contributed by atoms with E-state index >= 15 is 0 Å². The molecule has 2 aromatic carbocycles. The summed E-state index contributed by atoms with van der Waals surface area (Å²) in [5.74, 6) is -0.955. The van der Waals surface area contributed by atoms with Crippen molar-refractivity contribution in [3.8, 4) is 0 Å². The minimum atomic E-state index is -0.486. The SMILES string of the molecule is COC(=O)CN(Cc1ccccc1)C(=O)CC(C)NC(=O)c1ccccc1. The average molecular weight is 368 g/mol. The number of hydrogen-bond donors (Lipinski definition) is 1. The van der Waals surface area contributed by atoms with Crippen LogP contribution in [0.5, 0.6) is 0 Å². The van der Waals surface area contributed by atoms with Crippen molar-refractivity contribution >= 4 is 17.8 Å². The van der Waals surface area contributed by atoms with Crippen LogP contribution in [0, 0.1) is 0 Å². The minimum absolute atomic E-state index is 0.0857. The maximum atomic E-state index is 12.7. The second-order valence-corrected chi connectivity index (χ2v) is 6.26. The summed E-state index contributed by atoms with van der Waals surface area (Å²) in [5, 5.41) is 2.81. The summed E-state index contributed by atoms with van der Waals surface area (Å²) in [4.78, 5) is 38.0. The molecule has 0 radical (unpaired) electrons. The topological polar surface area (TPSA) is 75.7 Å². The molecule has 0 aliphatic carbocycles. The lowest BCUT2D eigenvalue weighted by Gasteiger charge is -2.23. The summed E-state index contributed by atoms with van der Waals surface area (Å²) >= 11 is 0. The molecule has 0 heterocycles. The maximum Gasteiger partial charge on any atom is 0.325 e. The fraction of sp³-hybridized carbons (Fsp3) is 0.286. The standard InChI is InChI=1S/C21H24N2O4/c1-16(22-21(26)18-11-7-4-8-12-18)13-19(24)23(15-20(25)27-2)14-17-9-5-3-6-10-17/h3-12,16H,13-15H2,1-2H3,(H,22,26). The molecule has 0 bridgehead atoms. The van der Waals surface area contributed by atoms with Crippen LogP contribution in [-0.2, 0) is 20.9 Å². The van der Waals surface area contributed by atoms with Gasteiger partial charge in [0, 0.05) is 24.6 Å². The normalized spacial score (nSPS) is 11.3. The van der Waals surface area contributed by atoms with E-state index in [1.54, 1.807) is 31.2 Å². The van der Waals surface area contributed by atoms with Crippen molar-refractivity contribution < 1.29 is 19.1 Å². The number of nitrogens with one attached hydrogen (secondary N) is 1. The molecule has 6 nitrogen and oxygen atoms in total. The Morgan fingerprint density at radius 2 is 1.59 bits per heavy atom. The van der Waals surface area contributed by atoms with Crippen molar-refractivity contribution in [2.75, 3.05) is 13.7 Å². The molecule has 0 spiro atoms. The zero-order chi connectivity index (χ0) is 19.6. The van der Waals surface area contributed by atoms with Gasteiger partial charge in [0.05, 0.1) is 7.11 Å². The number of benzene rings is 2. The average Bonchev–Trinajstić information content (AvgIpc) is 2.68. The van der Waals surface area contributed by atoms with Crippen LogP contribution >= 0.6 is 0 Å². The molecule has 1 atom stereocenters. The Morgan fingerprint density at radius 1 is 1.00 bits per heavy atom. The van der Waals surface area contributed by atoms with E-state index in [0.717, 1.165) is 5.56 Å². The van der Waals surface area contributed by atoms with Gasteiger partial charge in [-0.15, -0.1) is 0 Å². The molecular weight excluding hydrogens is 344 g/mol. The molecule has 142 valence electrons. The first-order valence-electron chi connectivity index (χ1n) is 8.74. The number of amides is 2. The summed E-state index contributed by atoms with van der Waals surface area (Å²) in [5.41, 5.74) is 1.45. The summed E-state index contributed by atoms with van der Waals surface area (Å²) in [6.07, 6.45) is 0.0857. The van der Waals surface area contributed by atoms with Crippen LogP contribution in [0.15, 0.2) is 60.7 Å². The third-order valence-electron chi connectivity index (χ3n) is 4.01. The number of methoxy groups -OCH3 is 1. The predicted molar refractivity (Wildman–Crippen MR) is 102 cm³/mol. The van der Waals surface area contributed by atoms with Crippen LogP contribution in [0.4, 0.5) is 0 Å². The molecule has 2 aromatic rings. The number of carbonyl (C=O) groups excluding carboxylic acids is 3. The molecule has 0 saturated carbocycles. The highest BCUT2D eigenvalue weighted by Crippen LogP contribution is 2.08. The Bertz CT molecular complexity index is 762. The van der Waals surface area contributed by atoms with Gasteiger partial charge in [0.1, 0.15) is 6.54 Å². The summed E-state index contributed by atoms with van der Waals surface area (Å²) < 4.78 is 4.69. The molecule has 6 heteroatoms. The van der Waals surface area contributed by atoms with Gasteiger partial charge in [-0.1, -0.05) is 48.5 Å². The van der Waals surface area contributed by atoms with Gasteiger partial charge in [-0.25, -0.2) is 0 Å². The van der Waals surface area contributed by atoms with Crippen molar-refractivity contribution in [3.63, 3.8) is 0 Å². The lowest BCUT2D eigenvalue weighted by Crippen LogP contribution is -2.41. The first kappa shape index (κ1) is 20.2. The highest BCUT2D eigenvalue weighted by molar-refractivity contribution is 5.94. The van der Waals surface area contributed by atoms with Gasteiger partial charge in [-0.2, -0.15) is 0 Å². The maximum absolute atomic E-state index is 12.7. The van der Waals surface area contributed by atoms with E-state index in [2.05, 4.69) is 5.32 Å². The molecule has 2 amide bonds. The number of nitrogens with zero attached hydrogens (tertiary/aromatic N) is 1. The van der Waals surface area contributed by atoms with Gasteiger partial charge in [0.2, 0.25) is 5.91 Å². The van der Waals surface area contributed by atoms with E-state index in [4.69, 9.17) is 4.74 Å². The van der Waals surface area contributed by atoms with E-state index in [1.165, 1.54) is 12.0 Å². The van der Waals surface area contributed by atoms with Crippen molar-refractivity contribution in [2.45, 2.75) is 25.9 Å². The number of hydrogen-bond acceptors (Lipinski definition) is 4. The van der Waals surface area contributed by atoms with E-state index in [1.807, 2.05) is 36.4 Å². The number of esters is 1. The quantitative estimate of drug-likeness (QED) is 0.726. The van der Waals surface area contributed by atoms with Crippen molar-refractivity contribution in [3.05, 3.63) is 71.8 Å². The van der Waals surface area contributed by atoms with Crippen molar-refractivity contribution in [1.29, 1.82) is 0 Å². The molecule has 0 aliphatic rings. The molecule has 0 aliphatic heterocycles. The van der Waals surface area contributed by atoms with Crippen LogP contribution < -0.4 is 5.32 Å². The van der Waals surface area contributed by atoms with Crippen molar-refractivity contribution in [1.82, 2.24) is 10.2 Å². The number of carbonyl (C=O) groups is 3. The molecular formula is C21H24N2O4. The smallest absolute Gasteiger partial charge is 0.325 e. The Balaban J connectivity index is 1.98. The Hall–Kier alpha value is -3.15. The molecule has 2 rings (SSSR count). The first-order valence-corrected chi connectivity index (χ1v) is 8.74. The van der Waals surface area contributed by atoms with Crippen LogP contribution in [-0.4, -0.2) is 42.4 Å². The van der Waals surface area contributed by atoms with Gasteiger partial charge in [0.25, 0.3) is 5.91 Å². The Labute approximate surface area is 159 Å². The lowest BCUT2D eigenvalue weighted by atomic mass is 10.1. The zero-order valence-electron chi connectivity index (χ0n) is 15.6. The molecule has 0 aromatic heterocycles. The molecule has 0 fully saturated rings. The predicted octanol–water partition coefficient (Wildman–Crippen LogP) is 2.40. The van der Waals surface area contributed by atoms with E-state index in [0.29, 0.717) is 12.1 Å². The second kappa shape index (κ2) is 10.1. The zero-order valence-corrected chi connectivity index (χ0v) is 15.6. The van der Waals surface area contributed by atoms with Crippen LogP contribution in [0.2, 0.25) is 0 Å². The summed E-state index contributed by atoms with van der Waals surface area (Å²) in [7, 11) is 1.29. The third kappa shape index (κ3) is 6.58. The number of ether oxygens (including phenoxy) is 1. The van der Waals surface area contributed by atoms with Crippen LogP contribution in [0.1, 0.15) is 29.3 Å². The monoisotopic (exact) mass is 368 g/mol. The van der Waals surface area contributed by atoms with E-state index < -0.39 is 5.97 Å². The Kier molecular flexibility index (Phi) is 7.55.